The molecule has 0 saturated carbocycles. The van der Waals surface area contributed by atoms with E-state index in [-0.39, 0.29) is 5.97 Å². The molecule has 106 valence electrons. The number of benzene rings is 1. The van der Waals surface area contributed by atoms with E-state index in [1.54, 1.807) is 12.1 Å². The topological polar surface area (TPSA) is 38.3 Å². The highest BCUT2D eigenvalue weighted by Gasteiger charge is 2.07. The van der Waals surface area contributed by atoms with Crippen LogP contribution >= 0.6 is 0 Å². The third kappa shape index (κ3) is 5.77. The number of carbonyl (C=O) groups excluding carboxylic acids is 1. The predicted octanol–water partition coefficient (Wildman–Crippen LogP) is 4.10. The standard InChI is InChI=1S/C16H25NO2/c1-5-19-16(18)14-8-10-15(11-9-14)17-13(4)7-6-12(2)3/h8-13,17H,5-7H2,1-4H3. The molecule has 1 aromatic carbocycles. The maximum absolute atomic E-state index is 11.5. The zero-order valence-electron chi connectivity index (χ0n) is 12.4. The zero-order valence-corrected chi connectivity index (χ0v) is 12.4. The molecule has 0 aliphatic heterocycles. The summed E-state index contributed by atoms with van der Waals surface area (Å²) in [5, 5.41) is 3.44. The summed E-state index contributed by atoms with van der Waals surface area (Å²) in [7, 11) is 0. The summed E-state index contributed by atoms with van der Waals surface area (Å²) >= 11 is 0. The molecule has 0 saturated heterocycles. The first-order valence-corrected chi connectivity index (χ1v) is 7.06. The summed E-state index contributed by atoms with van der Waals surface area (Å²) in [6.07, 6.45) is 2.37. The molecule has 0 fully saturated rings. The second kappa shape index (κ2) is 7.82. The Hall–Kier alpha value is -1.51. The number of carbonyl (C=O) groups is 1. The Kier molecular flexibility index (Phi) is 6.40. The zero-order chi connectivity index (χ0) is 14.3. The summed E-state index contributed by atoms with van der Waals surface area (Å²) < 4.78 is 4.95. The number of anilines is 1. The van der Waals surface area contributed by atoms with Crippen LogP contribution in [0.1, 0.15) is 50.9 Å². The molecule has 1 unspecified atom stereocenters. The fourth-order valence-corrected chi connectivity index (χ4v) is 1.86. The monoisotopic (exact) mass is 263 g/mol. The smallest absolute Gasteiger partial charge is 0.338 e. The SMILES string of the molecule is CCOC(=O)c1ccc(NC(C)CCC(C)C)cc1. The molecule has 1 rings (SSSR count). The first-order valence-electron chi connectivity index (χ1n) is 7.06. The van der Waals surface area contributed by atoms with Gasteiger partial charge < -0.3 is 10.1 Å². The van der Waals surface area contributed by atoms with Crippen LogP contribution in [0.3, 0.4) is 0 Å². The van der Waals surface area contributed by atoms with Gasteiger partial charge in [-0.15, -0.1) is 0 Å². The summed E-state index contributed by atoms with van der Waals surface area (Å²) in [6, 6.07) is 7.90. The normalized spacial score (nSPS) is 12.3. The van der Waals surface area contributed by atoms with Crippen LogP contribution in [0, 0.1) is 5.92 Å². The maximum atomic E-state index is 11.5. The van der Waals surface area contributed by atoms with E-state index in [9.17, 15) is 4.79 Å². The van der Waals surface area contributed by atoms with Crippen LogP contribution in [0.2, 0.25) is 0 Å². The largest absolute Gasteiger partial charge is 0.462 e. The van der Waals surface area contributed by atoms with Crippen LogP contribution in [0.15, 0.2) is 24.3 Å². The third-order valence-corrected chi connectivity index (χ3v) is 2.99. The lowest BCUT2D eigenvalue weighted by molar-refractivity contribution is 0.0526. The van der Waals surface area contributed by atoms with Crippen molar-refractivity contribution in [1.82, 2.24) is 0 Å². The molecule has 0 aliphatic rings. The number of hydrogen-bond acceptors (Lipinski definition) is 3. The fourth-order valence-electron chi connectivity index (χ4n) is 1.86. The molecule has 0 bridgehead atoms. The average Bonchev–Trinajstić information content (AvgIpc) is 2.37. The molecule has 0 spiro atoms. The summed E-state index contributed by atoms with van der Waals surface area (Å²) in [5.74, 6) is 0.470. The van der Waals surface area contributed by atoms with E-state index in [1.165, 1.54) is 6.42 Å². The second-order valence-electron chi connectivity index (χ2n) is 5.31. The number of esters is 1. The van der Waals surface area contributed by atoms with Crippen molar-refractivity contribution in [3.05, 3.63) is 29.8 Å². The van der Waals surface area contributed by atoms with E-state index in [0.29, 0.717) is 18.2 Å². The first kappa shape index (κ1) is 15.5. The minimum absolute atomic E-state index is 0.262. The number of rotatable bonds is 7. The van der Waals surface area contributed by atoms with Crippen molar-refractivity contribution in [1.29, 1.82) is 0 Å². The number of hydrogen-bond donors (Lipinski definition) is 1. The molecule has 19 heavy (non-hydrogen) atoms. The van der Waals surface area contributed by atoms with Crippen LogP contribution < -0.4 is 5.32 Å². The average molecular weight is 263 g/mol. The summed E-state index contributed by atoms with van der Waals surface area (Å²) in [4.78, 5) is 11.5. The molecule has 0 aromatic heterocycles. The van der Waals surface area contributed by atoms with Gasteiger partial charge in [0.1, 0.15) is 0 Å². The van der Waals surface area contributed by atoms with Crippen molar-refractivity contribution in [3.8, 4) is 0 Å². The van der Waals surface area contributed by atoms with E-state index >= 15 is 0 Å². The Labute approximate surface area is 116 Å². The summed E-state index contributed by atoms with van der Waals surface area (Å²) in [5.41, 5.74) is 1.64. The molecule has 3 nitrogen and oxygen atoms in total. The Morgan fingerprint density at radius 3 is 2.32 bits per heavy atom. The Morgan fingerprint density at radius 2 is 1.79 bits per heavy atom. The van der Waals surface area contributed by atoms with Gasteiger partial charge in [-0.25, -0.2) is 4.79 Å². The van der Waals surface area contributed by atoms with Crippen molar-refractivity contribution in [2.24, 2.45) is 5.92 Å². The lowest BCUT2D eigenvalue weighted by atomic mass is 10.0. The molecule has 1 aromatic rings. The van der Waals surface area contributed by atoms with Gasteiger partial charge in [-0.3, -0.25) is 0 Å². The van der Waals surface area contributed by atoms with Gasteiger partial charge >= 0.3 is 5.97 Å². The van der Waals surface area contributed by atoms with Crippen molar-refractivity contribution < 1.29 is 9.53 Å². The predicted molar refractivity (Wildman–Crippen MR) is 79.6 cm³/mol. The van der Waals surface area contributed by atoms with Gasteiger partial charge in [0.05, 0.1) is 12.2 Å². The Balaban J connectivity index is 2.50. The van der Waals surface area contributed by atoms with Gasteiger partial charge in [-0.1, -0.05) is 13.8 Å². The van der Waals surface area contributed by atoms with E-state index in [2.05, 4.69) is 26.1 Å². The van der Waals surface area contributed by atoms with E-state index in [1.807, 2.05) is 19.1 Å². The van der Waals surface area contributed by atoms with Gasteiger partial charge in [0.25, 0.3) is 0 Å². The van der Waals surface area contributed by atoms with E-state index in [0.717, 1.165) is 18.0 Å². The van der Waals surface area contributed by atoms with Gasteiger partial charge in [0.15, 0.2) is 0 Å². The highest BCUT2D eigenvalue weighted by Crippen LogP contribution is 2.14. The third-order valence-electron chi connectivity index (χ3n) is 2.99. The van der Waals surface area contributed by atoms with Gasteiger partial charge in [-0.05, 0) is 56.9 Å². The molecule has 3 heteroatoms. The minimum atomic E-state index is -0.262. The molecule has 0 heterocycles. The molecule has 0 radical (unpaired) electrons. The van der Waals surface area contributed by atoms with Crippen LogP contribution in [-0.2, 0) is 4.74 Å². The maximum Gasteiger partial charge on any atom is 0.338 e. The Bertz CT molecular complexity index is 384. The number of ether oxygens (including phenoxy) is 1. The molecular weight excluding hydrogens is 238 g/mol. The minimum Gasteiger partial charge on any atom is -0.462 e. The molecule has 1 atom stereocenters. The molecular formula is C16H25NO2. The Morgan fingerprint density at radius 1 is 1.16 bits per heavy atom. The van der Waals surface area contributed by atoms with Gasteiger partial charge in [0, 0.05) is 11.7 Å². The molecule has 0 aliphatic carbocycles. The van der Waals surface area contributed by atoms with Crippen LogP contribution in [0.25, 0.3) is 0 Å². The quantitative estimate of drug-likeness (QED) is 0.753. The lowest BCUT2D eigenvalue weighted by Gasteiger charge is -2.16. The van der Waals surface area contributed by atoms with Crippen molar-refractivity contribution >= 4 is 11.7 Å². The van der Waals surface area contributed by atoms with Crippen molar-refractivity contribution in [2.75, 3.05) is 11.9 Å². The molecule has 0 amide bonds. The number of nitrogens with one attached hydrogen (secondary N) is 1. The van der Waals surface area contributed by atoms with Crippen molar-refractivity contribution in [3.63, 3.8) is 0 Å². The van der Waals surface area contributed by atoms with Gasteiger partial charge in [-0.2, -0.15) is 0 Å². The highest BCUT2D eigenvalue weighted by molar-refractivity contribution is 5.89. The van der Waals surface area contributed by atoms with E-state index < -0.39 is 0 Å². The fraction of sp³-hybridized carbons (Fsp3) is 0.562. The van der Waals surface area contributed by atoms with Crippen LogP contribution in [-0.4, -0.2) is 18.6 Å². The van der Waals surface area contributed by atoms with Crippen LogP contribution in [0.4, 0.5) is 5.69 Å². The molecule has 1 N–H and O–H groups in total. The summed E-state index contributed by atoms with van der Waals surface area (Å²) in [6.45, 7) is 8.87. The lowest BCUT2D eigenvalue weighted by Crippen LogP contribution is -2.15. The van der Waals surface area contributed by atoms with Gasteiger partial charge in [0.2, 0.25) is 0 Å². The van der Waals surface area contributed by atoms with Crippen LogP contribution in [0.5, 0.6) is 0 Å². The first-order chi connectivity index (χ1) is 9.02. The second-order valence-corrected chi connectivity index (χ2v) is 5.31. The highest BCUT2D eigenvalue weighted by atomic mass is 16.5. The van der Waals surface area contributed by atoms with E-state index in [4.69, 9.17) is 4.74 Å². The van der Waals surface area contributed by atoms with Crippen molar-refractivity contribution in [2.45, 2.75) is 46.6 Å².